The standard InChI is InChI=1S/C26H36N2O4/c1-6-8-15-27-26(30)23(7-2)28(17-21-12-10-13-22(16-21)31-5)25(29)18-32-24-14-9-11-19(3)20(24)4/h9-14,16,23H,6-8,15,17-18H2,1-5H3,(H,27,30). The van der Waals surface area contributed by atoms with Gasteiger partial charge in [0, 0.05) is 13.1 Å². The zero-order valence-corrected chi connectivity index (χ0v) is 19.9. The summed E-state index contributed by atoms with van der Waals surface area (Å²) in [5, 5.41) is 2.97. The molecule has 0 aliphatic rings. The lowest BCUT2D eigenvalue weighted by Gasteiger charge is -2.30. The van der Waals surface area contributed by atoms with E-state index in [9.17, 15) is 9.59 Å². The smallest absolute Gasteiger partial charge is 0.261 e. The maximum Gasteiger partial charge on any atom is 0.261 e. The van der Waals surface area contributed by atoms with Gasteiger partial charge >= 0.3 is 0 Å². The van der Waals surface area contributed by atoms with E-state index in [0.29, 0.717) is 31.0 Å². The lowest BCUT2D eigenvalue weighted by molar-refractivity contribution is -0.143. The van der Waals surface area contributed by atoms with Crippen molar-refractivity contribution in [1.29, 1.82) is 0 Å². The van der Waals surface area contributed by atoms with Gasteiger partial charge in [0.05, 0.1) is 7.11 Å². The van der Waals surface area contributed by atoms with E-state index in [0.717, 1.165) is 29.5 Å². The Bertz CT molecular complexity index is 897. The molecule has 2 amide bonds. The van der Waals surface area contributed by atoms with E-state index in [2.05, 4.69) is 12.2 Å². The average molecular weight is 441 g/mol. The molecule has 1 atom stereocenters. The molecule has 6 nitrogen and oxygen atoms in total. The lowest BCUT2D eigenvalue weighted by Crippen LogP contribution is -2.50. The highest BCUT2D eigenvalue weighted by molar-refractivity contribution is 5.88. The van der Waals surface area contributed by atoms with E-state index in [1.165, 1.54) is 0 Å². The molecule has 0 fully saturated rings. The molecule has 174 valence electrons. The van der Waals surface area contributed by atoms with Crippen LogP contribution in [0.1, 0.15) is 49.8 Å². The van der Waals surface area contributed by atoms with Crippen molar-refractivity contribution in [2.24, 2.45) is 0 Å². The van der Waals surface area contributed by atoms with Crippen LogP contribution in [0.15, 0.2) is 42.5 Å². The molecule has 0 saturated carbocycles. The van der Waals surface area contributed by atoms with Gasteiger partial charge in [0.25, 0.3) is 5.91 Å². The summed E-state index contributed by atoms with van der Waals surface area (Å²) < 4.78 is 11.2. The fourth-order valence-electron chi connectivity index (χ4n) is 3.50. The van der Waals surface area contributed by atoms with E-state index in [-0.39, 0.29) is 18.4 Å². The van der Waals surface area contributed by atoms with Gasteiger partial charge in [0.1, 0.15) is 17.5 Å². The molecule has 0 spiro atoms. The number of unbranched alkanes of at least 4 members (excludes halogenated alkanes) is 1. The molecular weight excluding hydrogens is 404 g/mol. The van der Waals surface area contributed by atoms with Gasteiger partial charge in [-0.1, -0.05) is 44.5 Å². The van der Waals surface area contributed by atoms with Gasteiger partial charge in [-0.15, -0.1) is 0 Å². The van der Waals surface area contributed by atoms with Crippen LogP contribution in [0.2, 0.25) is 0 Å². The summed E-state index contributed by atoms with van der Waals surface area (Å²) in [4.78, 5) is 27.8. The van der Waals surface area contributed by atoms with Gasteiger partial charge < -0.3 is 19.7 Å². The van der Waals surface area contributed by atoms with Crippen LogP contribution in [0.25, 0.3) is 0 Å². The van der Waals surface area contributed by atoms with E-state index < -0.39 is 6.04 Å². The predicted molar refractivity (Wildman–Crippen MR) is 127 cm³/mol. The van der Waals surface area contributed by atoms with E-state index in [1.54, 1.807) is 12.0 Å². The Kier molecular flexibility index (Phi) is 10.1. The first kappa shape index (κ1) is 25.2. The molecule has 32 heavy (non-hydrogen) atoms. The number of methoxy groups -OCH3 is 1. The zero-order chi connectivity index (χ0) is 23.5. The third kappa shape index (κ3) is 7.01. The van der Waals surface area contributed by atoms with Crippen molar-refractivity contribution in [3.05, 3.63) is 59.2 Å². The van der Waals surface area contributed by atoms with Crippen molar-refractivity contribution < 1.29 is 19.1 Å². The number of aryl methyl sites for hydroxylation is 1. The Labute approximate surface area is 191 Å². The summed E-state index contributed by atoms with van der Waals surface area (Å²) in [5.41, 5.74) is 3.00. The molecule has 0 aliphatic heterocycles. The van der Waals surface area contributed by atoms with Crippen LogP contribution in [0.3, 0.4) is 0 Å². The molecule has 2 aromatic rings. The second-order valence-corrected chi connectivity index (χ2v) is 7.93. The van der Waals surface area contributed by atoms with Crippen molar-refractivity contribution in [3.63, 3.8) is 0 Å². The number of benzene rings is 2. The van der Waals surface area contributed by atoms with Crippen molar-refractivity contribution in [2.75, 3.05) is 20.3 Å². The first-order valence-electron chi connectivity index (χ1n) is 11.3. The lowest BCUT2D eigenvalue weighted by atomic mass is 10.1. The van der Waals surface area contributed by atoms with Gasteiger partial charge in [0.2, 0.25) is 5.91 Å². The normalized spacial score (nSPS) is 11.5. The molecule has 0 aliphatic carbocycles. The third-order valence-electron chi connectivity index (χ3n) is 5.61. The molecule has 1 N–H and O–H groups in total. The highest BCUT2D eigenvalue weighted by Gasteiger charge is 2.29. The second kappa shape index (κ2) is 12.7. The molecule has 2 rings (SSSR count). The van der Waals surface area contributed by atoms with Crippen LogP contribution in [0.5, 0.6) is 11.5 Å². The van der Waals surface area contributed by atoms with Crippen LogP contribution >= 0.6 is 0 Å². The molecule has 0 bridgehead atoms. The molecule has 0 radical (unpaired) electrons. The Hall–Kier alpha value is -3.02. The Morgan fingerprint density at radius 3 is 2.53 bits per heavy atom. The first-order chi connectivity index (χ1) is 15.4. The highest BCUT2D eigenvalue weighted by Crippen LogP contribution is 2.21. The van der Waals surface area contributed by atoms with Crippen LogP contribution in [-0.2, 0) is 16.1 Å². The number of rotatable bonds is 12. The van der Waals surface area contributed by atoms with Crippen molar-refractivity contribution in [3.8, 4) is 11.5 Å². The number of carbonyl (C=O) groups excluding carboxylic acids is 2. The summed E-state index contributed by atoms with van der Waals surface area (Å²) in [6.45, 7) is 8.74. The van der Waals surface area contributed by atoms with E-state index in [4.69, 9.17) is 9.47 Å². The van der Waals surface area contributed by atoms with Gasteiger partial charge in [0.15, 0.2) is 6.61 Å². The number of amides is 2. The molecule has 0 saturated heterocycles. The van der Waals surface area contributed by atoms with Crippen molar-refractivity contribution in [1.82, 2.24) is 10.2 Å². The maximum atomic E-state index is 13.3. The quantitative estimate of drug-likeness (QED) is 0.496. The molecular formula is C26H36N2O4. The summed E-state index contributed by atoms with van der Waals surface area (Å²) in [7, 11) is 1.61. The largest absolute Gasteiger partial charge is 0.497 e. The minimum atomic E-state index is -0.576. The number of carbonyl (C=O) groups is 2. The highest BCUT2D eigenvalue weighted by atomic mass is 16.5. The second-order valence-electron chi connectivity index (χ2n) is 7.93. The van der Waals surface area contributed by atoms with Gasteiger partial charge in [-0.2, -0.15) is 0 Å². The van der Waals surface area contributed by atoms with E-state index in [1.807, 2.05) is 63.2 Å². The molecule has 6 heteroatoms. The monoisotopic (exact) mass is 440 g/mol. The third-order valence-corrected chi connectivity index (χ3v) is 5.61. The number of nitrogens with one attached hydrogen (secondary N) is 1. The van der Waals surface area contributed by atoms with E-state index >= 15 is 0 Å². The number of ether oxygens (including phenoxy) is 2. The summed E-state index contributed by atoms with van der Waals surface area (Å²) >= 11 is 0. The summed E-state index contributed by atoms with van der Waals surface area (Å²) in [6.07, 6.45) is 2.41. The molecule has 1 unspecified atom stereocenters. The first-order valence-corrected chi connectivity index (χ1v) is 11.3. The Morgan fingerprint density at radius 2 is 1.84 bits per heavy atom. The summed E-state index contributed by atoms with van der Waals surface area (Å²) in [6, 6.07) is 12.7. The van der Waals surface area contributed by atoms with Gasteiger partial charge in [-0.05, 0) is 61.6 Å². The average Bonchev–Trinajstić information content (AvgIpc) is 2.80. The maximum absolute atomic E-state index is 13.3. The number of nitrogens with zero attached hydrogens (tertiary/aromatic N) is 1. The molecule has 0 aromatic heterocycles. The number of hydrogen-bond donors (Lipinski definition) is 1. The Morgan fingerprint density at radius 1 is 1.09 bits per heavy atom. The topological polar surface area (TPSA) is 67.9 Å². The summed E-state index contributed by atoms with van der Waals surface area (Å²) in [5.74, 6) is 1.03. The predicted octanol–water partition coefficient (Wildman–Crippen LogP) is 4.41. The minimum absolute atomic E-state index is 0.132. The van der Waals surface area contributed by atoms with Crippen molar-refractivity contribution in [2.45, 2.75) is 59.5 Å². The minimum Gasteiger partial charge on any atom is -0.497 e. The fourth-order valence-corrected chi connectivity index (χ4v) is 3.50. The fraction of sp³-hybridized carbons (Fsp3) is 0.462. The van der Waals surface area contributed by atoms with Crippen LogP contribution < -0.4 is 14.8 Å². The van der Waals surface area contributed by atoms with Crippen LogP contribution in [0.4, 0.5) is 0 Å². The number of hydrogen-bond acceptors (Lipinski definition) is 4. The Balaban J connectivity index is 2.23. The SMILES string of the molecule is CCCCNC(=O)C(CC)N(Cc1cccc(OC)c1)C(=O)COc1cccc(C)c1C. The zero-order valence-electron chi connectivity index (χ0n) is 19.9. The van der Waals surface area contributed by atoms with Gasteiger partial charge in [-0.25, -0.2) is 0 Å². The van der Waals surface area contributed by atoms with Gasteiger partial charge in [-0.3, -0.25) is 9.59 Å². The van der Waals surface area contributed by atoms with Crippen LogP contribution in [0, 0.1) is 13.8 Å². The van der Waals surface area contributed by atoms with Crippen molar-refractivity contribution >= 4 is 11.8 Å². The van der Waals surface area contributed by atoms with Crippen LogP contribution in [-0.4, -0.2) is 43.0 Å². The molecule has 2 aromatic carbocycles. The molecule has 0 heterocycles.